The Morgan fingerprint density at radius 3 is 2.56 bits per heavy atom. The smallest absolute Gasteiger partial charge is 0.247 e. The zero-order valence-electron chi connectivity index (χ0n) is 5.85. The lowest BCUT2D eigenvalue weighted by molar-refractivity contribution is 0.417. The predicted molar refractivity (Wildman–Crippen MR) is 55.9 cm³/mol. The van der Waals surface area contributed by atoms with Crippen LogP contribution in [0.15, 0.2) is 0 Å². The van der Waals surface area contributed by atoms with E-state index in [1.165, 1.54) is 10.8 Å². The zero-order valence-corrected chi connectivity index (χ0v) is 9.91. The van der Waals surface area contributed by atoms with E-state index in [0.29, 0.717) is 0 Å². The van der Waals surface area contributed by atoms with Crippen molar-refractivity contribution in [3.05, 3.63) is 0 Å². The van der Waals surface area contributed by atoms with E-state index in [4.69, 9.17) is 4.43 Å². The molecule has 0 amide bonds. The highest BCUT2D eigenvalue weighted by molar-refractivity contribution is 14.1. The van der Waals surface area contributed by atoms with E-state index in [0.717, 1.165) is 6.04 Å². The van der Waals surface area contributed by atoms with E-state index in [9.17, 15) is 0 Å². The molecule has 0 rings (SSSR count). The van der Waals surface area contributed by atoms with Gasteiger partial charge >= 0.3 is 0 Å². The van der Waals surface area contributed by atoms with Crippen molar-refractivity contribution in [1.29, 1.82) is 0 Å². The summed E-state index contributed by atoms with van der Waals surface area (Å²) in [6.45, 7) is 2.13. The molecular weight excluding hydrogens is 263 g/mol. The number of hydrogen-bond acceptors (Lipinski definition) is 2. The summed E-state index contributed by atoms with van der Waals surface area (Å²) >= 11 is 6.81. The molecule has 0 aliphatic rings. The van der Waals surface area contributed by atoms with Gasteiger partial charge in [-0.2, -0.15) is 12.1 Å². The van der Waals surface area contributed by atoms with Gasteiger partial charge in [-0.05, 0) is 23.4 Å². The van der Waals surface area contributed by atoms with Crippen LogP contribution in [-0.4, -0.2) is 19.0 Å². The van der Waals surface area contributed by atoms with Gasteiger partial charge in [-0.1, -0.05) is 22.6 Å². The Bertz CT molecular complexity index is 79.4. The summed E-state index contributed by atoms with van der Waals surface area (Å²) in [5.41, 5.74) is 0. The quantitative estimate of drug-likeness (QED) is 0.359. The van der Waals surface area contributed by atoms with Crippen LogP contribution >= 0.6 is 34.7 Å². The molecule has 4 heteroatoms. The van der Waals surface area contributed by atoms with Crippen LogP contribution in [0.2, 0.25) is 12.6 Å². The van der Waals surface area contributed by atoms with Gasteiger partial charge in [0.15, 0.2) is 0 Å². The molecule has 0 heterocycles. The van der Waals surface area contributed by atoms with Crippen molar-refractivity contribution in [3.8, 4) is 0 Å². The highest BCUT2D eigenvalue weighted by atomic mass is 127. The summed E-state index contributed by atoms with van der Waals surface area (Å²) in [5, 5.41) is 0. The average molecular weight is 276 g/mol. The molecule has 0 radical (unpaired) electrons. The first-order valence-corrected chi connectivity index (χ1v) is 8.39. The lowest BCUT2D eigenvalue weighted by Gasteiger charge is -2.16. The number of halogens is 1. The molecule has 1 nitrogen and oxygen atoms in total. The molecule has 0 aromatic heterocycles. The molecule has 0 fully saturated rings. The maximum absolute atomic E-state index is 5.24. The first-order chi connectivity index (χ1) is 4.12. The maximum atomic E-state index is 5.24. The van der Waals surface area contributed by atoms with Crippen molar-refractivity contribution in [1.82, 2.24) is 0 Å². The Morgan fingerprint density at radius 2 is 2.22 bits per heavy atom. The van der Waals surface area contributed by atoms with E-state index in [2.05, 4.69) is 41.2 Å². The van der Waals surface area contributed by atoms with Crippen LogP contribution in [0.4, 0.5) is 0 Å². The first-order valence-electron chi connectivity index (χ1n) is 2.96. The van der Waals surface area contributed by atoms with Crippen molar-refractivity contribution >= 4 is 42.1 Å². The van der Waals surface area contributed by atoms with Crippen LogP contribution < -0.4 is 0 Å². The van der Waals surface area contributed by atoms with E-state index in [1.807, 2.05) is 0 Å². The third kappa shape index (κ3) is 5.69. The molecule has 0 N–H and O–H groups in total. The third-order valence-corrected chi connectivity index (χ3v) is 5.36. The lowest BCUT2D eigenvalue weighted by Crippen LogP contribution is -2.25. The monoisotopic (exact) mass is 276 g/mol. The Labute approximate surface area is 76.9 Å². The molecule has 56 valence electrons. The summed E-state index contributed by atoms with van der Waals surface area (Å²) < 4.78 is 6.45. The second-order valence-electron chi connectivity index (χ2n) is 2.17. The molecular formula is C5H13IOSSi. The van der Waals surface area contributed by atoms with Crippen LogP contribution in [0, 0.1) is 0 Å². The van der Waals surface area contributed by atoms with E-state index in [1.54, 1.807) is 7.11 Å². The number of hydrogen-bond donors (Lipinski definition) is 1. The number of alkyl halides is 1. The summed E-state index contributed by atoms with van der Waals surface area (Å²) in [6.07, 6.45) is 1.24. The molecule has 0 aromatic rings. The van der Waals surface area contributed by atoms with Crippen LogP contribution in [-0.2, 0) is 4.43 Å². The summed E-state index contributed by atoms with van der Waals surface area (Å²) in [6, 6.07) is 1.16. The third-order valence-electron chi connectivity index (χ3n) is 1.21. The van der Waals surface area contributed by atoms with Gasteiger partial charge in [-0.25, -0.2) is 0 Å². The topological polar surface area (TPSA) is 9.23 Å². The first kappa shape index (κ1) is 10.3. The van der Waals surface area contributed by atoms with Gasteiger partial charge in [-0.3, -0.25) is 0 Å². The van der Waals surface area contributed by atoms with E-state index < -0.39 is 7.47 Å². The largest absolute Gasteiger partial charge is 0.410 e. The lowest BCUT2D eigenvalue weighted by atomic mass is 10.6. The Hall–Kier alpha value is 1.26. The Kier molecular flexibility index (Phi) is 5.68. The summed E-state index contributed by atoms with van der Waals surface area (Å²) in [7, 11) is 0.248. The van der Waals surface area contributed by atoms with Gasteiger partial charge < -0.3 is 4.43 Å². The zero-order chi connectivity index (χ0) is 7.33. The molecule has 0 bridgehead atoms. The fourth-order valence-corrected chi connectivity index (χ4v) is 3.11. The molecule has 0 aliphatic heterocycles. The standard InChI is InChI=1S/C5H13IOSSi/c1-7-9(2,8)5-3-4-6/h8H,3-5H2,1-2H3. The van der Waals surface area contributed by atoms with Gasteiger partial charge in [0, 0.05) is 7.11 Å². The molecule has 0 saturated carbocycles. The fourth-order valence-electron chi connectivity index (χ4n) is 0.497. The minimum absolute atomic E-state index is 1.16. The van der Waals surface area contributed by atoms with E-state index in [-0.39, 0.29) is 0 Å². The van der Waals surface area contributed by atoms with Crippen molar-refractivity contribution in [2.24, 2.45) is 0 Å². The van der Waals surface area contributed by atoms with Crippen LogP contribution in [0.1, 0.15) is 6.42 Å². The van der Waals surface area contributed by atoms with Gasteiger partial charge in [0.1, 0.15) is 0 Å². The van der Waals surface area contributed by atoms with Gasteiger partial charge in [0.05, 0.1) is 0 Å². The molecule has 0 saturated heterocycles. The van der Waals surface area contributed by atoms with Crippen molar-refractivity contribution in [3.63, 3.8) is 0 Å². The van der Waals surface area contributed by atoms with Crippen LogP contribution in [0.5, 0.6) is 0 Å². The molecule has 0 spiro atoms. The van der Waals surface area contributed by atoms with Crippen molar-refractivity contribution in [2.45, 2.75) is 19.0 Å². The van der Waals surface area contributed by atoms with Gasteiger partial charge in [0.2, 0.25) is 7.47 Å². The second-order valence-corrected chi connectivity index (χ2v) is 9.35. The fraction of sp³-hybridized carbons (Fsp3) is 1.00. The van der Waals surface area contributed by atoms with Gasteiger partial charge in [0.25, 0.3) is 0 Å². The Balaban J connectivity index is 3.33. The average Bonchev–Trinajstić information content (AvgIpc) is 1.84. The van der Waals surface area contributed by atoms with Crippen molar-refractivity contribution in [2.75, 3.05) is 11.5 Å². The molecule has 1 atom stereocenters. The van der Waals surface area contributed by atoms with Crippen molar-refractivity contribution < 1.29 is 4.43 Å². The molecule has 0 aliphatic carbocycles. The maximum Gasteiger partial charge on any atom is 0.247 e. The van der Waals surface area contributed by atoms with E-state index >= 15 is 0 Å². The normalized spacial score (nSPS) is 17.3. The number of thiol groups is 1. The highest BCUT2D eigenvalue weighted by Gasteiger charge is 2.20. The second kappa shape index (κ2) is 4.98. The SMILES string of the molecule is CO[Si](C)(S)CCCI. The van der Waals surface area contributed by atoms with Crippen LogP contribution in [0.3, 0.4) is 0 Å². The number of rotatable bonds is 4. The minimum atomic E-state index is -1.51. The minimum Gasteiger partial charge on any atom is -0.410 e. The molecule has 9 heavy (non-hydrogen) atoms. The summed E-state index contributed by atoms with van der Waals surface area (Å²) in [5.74, 6) is 0. The summed E-state index contributed by atoms with van der Waals surface area (Å²) in [4.78, 5) is 0. The van der Waals surface area contributed by atoms with Crippen LogP contribution in [0.25, 0.3) is 0 Å². The Morgan fingerprint density at radius 1 is 1.67 bits per heavy atom. The highest BCUT2D eigenvalue weighted by Crippen LogP contribution is 2.17. The predicted octanol–water partition coefficient (Wildman–Crippen LogP) is 2.46. The van der Waals surface area contributed by atoms with Gasteiger partial charge in [-0.15, -0.1) is 0 Å². The molecule has 0 aromatic carbocycles. The molecule has 1 unspecified atom stereocenters.